The molecule has 0 radical (unpaired) electrons. The number of halogens is 3. The number of hydrogen-bond acceptors (Lipinski definition) is 3. The lowest BCUT2D eigenvalue weighted by atomic mass is 10.2. The molecule has 1 aromatic heterocycles. The fourth-order valence-electron chi connectivity index (χ4n) is 1.32. The molecule has 1 rings (SSSR count). The second-order valence-corrected chi connectivity index (χ2v) is 3.72. The molecule has 0 saturated carbocycles. The number of anilines is 1. The average molecular weight is 243 g/mol. The summed E-state index contributed by atoms with van der Waals surface area (Å²) in [4.78, 5) is 4.91. The van der Waals surface area contributed by atoms with Crippen molar-refractivity contribution in [3.63, 3.8) is 0 Å². The maximum absolute atomic E-state index is 12.4. The van der Waals surface area contributed by atoms with Gasteiger partial charge in [0.15, 0.2) is 0 Å². The lowest BCUT2D eigenvalue weighted by Crippen LogP contribution is -2.28. The summed E-state index contributed by atoms with van der Waals surface area (Å²) in [6, 6.07) is 4.30. The summed E-state index contributed by atoms with van der Waals surface area (Å²) in [5, 5.41) is 8.55. The van der Waals surface area contributed by atoms with Gasteiger partial charge in [0.25, 0.3) is 0 Å². The van der Waals surface area contributed by atoms with Crippen molar-refractivity contribution in [2.75, 3.05) is 11.9 Å². The molecule has 0 fully saturated rings. The number of pyridine rings is 1. The van der Waals surface area contributed by atoms with Crippen LogP contribution in [0.3, 0.4) is 0 Å². The van der Waals surface area contributed by atoms with Gasteiger partial charge in [-0.05, 0) is 19.1 Å². The van der Waals surface area contributed by atoms with Gasteiger partial charge in [-0.1, -0.05) is 0 Å². The van der Waals surface area contributed by atoms with E-state index in [1.165, 1.54) is 6.07 Å². The molecule has 0 N–H and O–H groups in total. The van der Waals surface area contributed by atoms with E-state index in [4.69, 9.17) is 5.26 Å². The van der Waals surface area contributed by atoms with Crippen LogP contribution in [0.2, 0.25) is 0 Å². The molecule has 0 amide bonds. The maximum atomic E-state index is 12.4. The Morgan fingerprint density at radius 3 is 2.71 bits per heavy atom. The normalized spacial score (nSPS) is 12.9. The van der Waals surface area contributed by atoms with Crippen LogP contribution in [-0.2, 0) is 6.18 Å². The van der Waals surface area contributed by atoms with Gasteiger partial charge in [0.05, 0.1) is 12.5 Å². The van der Waals surface area contributed by atoms with E-state index in [1.54, 1.807) is 18.9 Å². The second-order valence-electron chi connectivity index (χ2n) is 3.72. The van der Waals surface area contributed by atoms with E-state index in [1.807, 2.05) is 6.07 Å². The standard InChI is InChI=1S/C11H12F3N3/c1-8(3-5-15)17(2)9-4-6-16-10(7-9)11(12,13)14/h4,6-8H,3H2,1-2H3. The first-order chi connectivity index (χ1) is 7.86. The molecular formula is C11H12F3N3. The van der Waals surface area contributed by atoms with Gasteiger partial charge in [0.1, 0.15) is 5.69 Å². The Morgan fingerprint density at radius 2 is 2.18 bits per heavy atom. The van der Waals surface area contributed by atoms with Crippen molar-refractivity contribution in [3.05, 3.63) is 24.0 Å². The Bertz CT molecular complexity index is 423. The second kappa shape index (κ2) is 5.04. The molecule has 1 aromatic rings. The predicted octanol–water partition coefficient (Wildman–Crippen LogP) is 2.84. The van der Waals surface area contributed by atoms with Crippen molar-refractivity contribution in [2.24, 2.45) is 0 Å². The van der Waals surface area contributed by atoms with Crippen LogP contribution < -0.4 is 4.90 Å². The van der Waals surface area contributed by atoms with Gasteiger partial charge in [-0.25, -0.2) is 0 Å². The lowest BCUT2D eigenvalue weighted by Gasteiger charge is -2.25. The van der Waals surface area contributed by atoms with Gasteiger partial charge in [0.2, 0.25) is 0 Å². The predicted molar refractivity (Wildman–Crippen MR) is 57.3 cm³/mol. The van der Waals surface area contributed by atoms with Crippen LogP contribution in [0.5, 0.6) is 0 Å². The molecule has 1 atom stereocenters. The molecule has 6 heteroatoms. The highest BCUT2D eigenvalue weighted by molar-refractivity contribution is 5.47. The van der Waals surface area contributed by atoms with Gasteiger partial charge in [-0.3, -0.25) is 4.98 Å². The zero-order valence-corrected chi connectivity index (χ0v) is 9.49. The highest BCUT2D eigenvalue weighted by Crippen LogP contribution is 2.30. The van der Waals surface area contributed by atoms with Crippen molar-refractivity contribution >= 4 is 5.69 Å². The molecule has 92 valence electrons. The minimum absolute atomic E-state index is 0.150. The summed E-state index contributed by atoms with van der Waals surface area (Å²) in [5.41, 5.74) is -0.527. The number of nitriles is 1. The minimum Gasteiger partial charge on any atom is -0.371 e. The van der Waals surface area contributed by atoms with E-state index in [2.05, 4.69) is 4.98 Å². The SMILES string of the molecule is CC(CC#N)N(C)c1ccnc(C(F)(F)F)c1. The van der Waals surface area contributed by atoms with Gasteiger partial charge in [-0.15, -0.1) is 0 Å². The van der Waals surface area contributed by atoms with Crippen LogP contribution in [0.15, 0.2) is 18.3 Å². The number of aromatic nitrogens is 1. The third-order valence-electron chi connectivity index (χ3n) is 2.49. The average Bonchev–Trinajstić information content (AvgIpc) is 2.27. The molecule has 0 aliphatic rings. The zero-order valence-electron chi connectivity index (χ0n) is 9.49. The molecule has 0 saturated heterocycles. The summed E-state index contributed by atoms with van der Waals surface area (Å²) in [5.74, 6) is 0. The Hall–Kier alpha value is -1.77. The summed E-state index contributed by atoms with van der Waals surface area (Å²) < 4.78 is 37.3. The van der Waals surface area contributed by atoms with Crippen molar-refractivity contribution in [1.82, 2.24) is 4.98 Å². The van der Waals surface area contributed by atoms with Crippen molar-refractivity contribution in [3.8, 4) is 6.07 Å². The zero-order chi connectivity index (χ0) is 13.1. The number of alkyl halides is 3. The van der Waals surface area contributed by atoms with E-state index in [-0.39, 0.29) is 12.5 Å². The first-order valence-electron chi connectivity index (χ1n) is 4.99. The molecule has 1 unspecified atom stereocenters. The Kier molecular flexibility index (Phi) is 3.94. The first-order valence-corrected chi connectivity index (χ1v) is 4.99. The van der Waals surface area contributed by atoms with Crippen LogP contribution >= 0.6 is 0 Å². The summed E-state index contributed by atoms with van der Waals surface area (Å²) in [7, 11) is 1.65. The van der Waals surface area contributed by atoms with E-state index in [9.17, 15) is 13.2 Å². The fraction of sp³-hybridized carbons (Fsp3) is 0.455. The van der Waals surface area contributed by atoms with Gasteiger partial charge < -0.3 is 4.90 Å². The smallest absolute Gasteiger partial charge is 0.371 e. The fourth-order valence-corrected chi connectivity index (χ4v) is 1.32. The topological polar surface area (TPSA) is 39.9 Å². The molecule has 3 nitrogen and oxygen atoms in total. The first kappa shape index (κ1) is 13.3. The van der Waals surface area contributed by atoms with Crippen LogP contribution in [0.25, 0.3) is 0 Å². The molecule has 0 aromatic carbocycles. The van der Waals surface area contributed by atoms with E-state index >= 15 is 0 Å². The summed E-state index contributed by atoms with van der Waals surface area (Å²) >= 11 is 0. The van der Waals surface area contributed by atoms with Crippen LogP contribution in [-0.4, -0.2) is 18.1 Å². The largest absolute Gasteiger partial charge is 0.433 e. The molecule has 17 heavy (non-hydrogen) atoms. The minimum atomic E-state index is -4.45. The van der Waals surface area contributed by atoms with E-state index in [0.29, 0.717) is 5.69 Å². The Labute approximate surface area is 97.5 Å². The molecule has 0 bridgehead atoms. The number of rotatable bonds is 3. The van der Waals surface area contributed by atoms with Crippen LogP contribution in [0, 0.1) is 11.3 Å². The van der Waals surface area contributed by atoms with Crippen molar-refractivity contribution in [2.45, 2.75) is 25.6 Å². The lowest BCUT2D eigenvalue weighted by molar-refractivity contribution is -0.141. The monoisotopic (exact) mass is 243 g/mol. The number of nitrogens with zero attached hydrogens (tertiary/aromatic N) is 3. The highest BCUT2D eigenvalue weighted by atomic mass is 19.4. The third-order valence-corrected chi connectivity index (χ3v) is 2.49. The maximum Gasteiger partial charge on any atom is 0.433 e. The molecule has 0 aliphatic carbocycles. The van der Waals surface area contributed by atoms with Crippen LogP contribution in [0.4, 0.5) is 18.9 Å². The Balaban J connectivity index is 2.96. The highest BCUT2D eigenvalue weighted by Gasteiger charge is 2.32. The van der Waals surface area contributed by atoms with Crippen molar-refractivity contribution < 1.29 is 13.2 Å². The molecule has 0 aliphatic heterocycles. The Morgan fingerprint density at radius 1 is 1.53 bits per heavy atom. The third kappa shape index (κ3) is 3.34. The van der Waals surface area contributed by atoms with Crippen LogP contribution in [0.1, 0.15) is 19.0 Å². The molecular weight excluding hydrogens is 231 g/mol. The molecule has 1 heterocycles. The summed E-state index contributed by atoms with van der Waals surface area (Å²) in [6.07, 6.45) is -3.08. The summed E-state index contributed by atoms with van der Waals surface area (Å²) in [6.45, 7) is 1.77. The quantitative estimate of drug-likeness (QED) is 0.819. The van der Waals surface area contributed by atoms with E-state index in [0.717, 1.165) is 12.3 Å². The van der Waals surface area contributed by atoms with Crippen molar-refractivity contribution in [1.29, 1.82) is 5.26 Å². The van der Waals surface area contributed by atoms with Gasteiger partial charge >= 0.3 is 6.18 Å². The van der Waals surface area contributed by atoms with E-state index < -0.39 is 11.9 Å². The van der Waals surface area contributed by atoms with Gasteiger partial charge in [0, 0.05) is 25.0 Å². The molecule has 0 spiro atoms. The number of hydrogen-bond donors (Lipinski definition) is 0. The van der Waals surface area contributed by atoms with Gasteiger partial charge in [-0.2, -0.15) is 18.4 Å².